The van der Waals surface area contributed by atoms with Gasteiger partial charge in [0.25, 0.3) is 0 Å². The van der Waals surface area contributed by atoms with Gasteiger partial charge in [-0.15, -0.1) is 0 Å². The summed E-state index contributed by atoms with van der Waals surface area (Å²) in [5, 5.41) is 0. The number of nitrogens with two attached hydrogens (primary N) is 1. The van der Waals surface area contributed by atoms with E-state index in [1.54, 1.807) is 7.11 Å². The maximum absolute atomic E-state index is 5.79. The highest BCUT2D eigenvalue weighted by Gasteiger charge is 2.21. The third-order valence-corrected chi connectivity index (χ3v) is 3.86. The molecule has 1 aliphatic rings. The third-order valence-electron chi connectivity index (χ3n) is 3.64. The highest BCUT2D eigenvalue weighted by atomic mass is 32.1. The standard InChI is InChI=1S/C14H20N2OS/c1-16(9-10-4-3-5-10)13-8-11(17-2)6-7-12(13)14(15)18/h6-8,10H,3-5,9H2,1-2H3,(H2,15,18). The maximum atomic E-state index is 5.79. The van der Waals surface area contributed by atoms with E-state index in [2.05, 4.69) is 11.9 Å². The van der Waals surface area contributed by atoms with E-state index in [1.807, 2.05) is 18.2 Å². The lowest BCUT2D eigenvalue weighted by Gasteiger charge is -2.32. The molecule has 0 heterocycles. The van der Waals surface area contributed by atoms with Crippen LogP contribution in [0.25, 0.3) is 0 Å². The first-order chi connectivity index (χ1) is 8.61. The lowest BCUT2D eigenvalue weighted by atomic mass is 9.85. The van der Waals surface area contributed by atoms with Crippen molar-refractivity contribution in [1.29, 1.82) is 0 Å². The van der Waals surface area contributed by atoms with Gasteiger partial charge in [0, 0.05) is 25.2 Å². The van der Waals surface area contributed by atoms with Crippen LogP contribution in [-0.2, 0) is 0 Å². The fraction of sp³-hybridized carbons (Fsp3) is 0.500. The van der Waals surface area contributed by atoms with Crippen molar-refractivity contribution in [2.45, 2.75) is 19.3 Å². The molecule has 1 aromatic carbocycles. The molecular weight excluding hydrogens is 244 g/mol. The molecule has 0 aromatic heterocycles. The summed E-state index contributed by atoms with van der Waals surface area (Å²) in [7, 11) is 3.76. The van der Waals surface area contributed by atoms with Crippen molar-refractivity contribution in [3.8, 4) is 5.75 Å². The largest absolute Gasteiger partial charge is 0.497 e. The summed E-state index contributed by atoms with van der Waals surface area (Å²) in [6.45, 7) is 1.06. The quantitative estimate of drug-likeness (QED) is 0.830. The molecule has 0 radical (unpaired) electrons. The Bertz CT molecular complexity index is 443. The normalized spacial score (nSPS) is 15.0. The second kappa shape index (κ2) is 5.57. The highest BCUT2D eigenvalue weighted by molar-refractivity contribution is 7.80. The molecule has 0 unspecified atom stereocenters. The zero-order valence-electron chi connectivity index (χ0n) is 11.0. The Morgan fingerprint density at radius 1 is 1.50 bits per heavy atom. The number of anilines is 1. The van der Waals surface area contributed by atoms with E-state index in [4.69, 9.17) is 22.7 Å². The topological polar surface area (TPSA) is 38.5 Å². The molecule has 0 atom stereocenters. The van der Waals surface area contributed by atoms with Gasteiger partial charge in [-0.3, -0.25) is 0 Å². The van der Waals surface area contributed by atoms with Crippen LogP contribution in [-0.4, -0.2) is 25.7 Å². The van der Waals surface area contributed by atoms with Gasteiger partial charge in [0.05, 0.1) is 12.8 Å². The van der Waals surface area contributed by atoms with Crippen molar-refractivity contribution in [3.63, 3.8) is 0 Å². The maximum Gasteiger partial charge on any atom is 0.120 e. The van der Waals surface area contributed by atoms with Crippen LogP contribution < -0.4 is 15.4 Å². The van der Waals surface area contributed by atoms with Crippen LogP contribution in [0, 0.1) is 5.92 Å². The first-order valence-electron chi connectivity index (χ1n) is 6.30. The zero-order chi connectivity index (χ0) is 13.1. The number of thiocarbonyl (C=S) groups is 1. The number of nitrogens with zero attached hydrogens (tertiary/aromatic N) is 1. The molecule has 2 rings (SSSR count). The Labute approximate surface area is 114 Å². The minimum absolute atomic E-state index is 0.438. The van der Waals surface area contributed by atoms with Crippen molar-refractivity contribution >= 4 is 22.9 Å². The molecule has 1 saturated carbocycles. The van der Waals surface area contributed by atoms with E-state index in [9.17, 15) is 0 Å². The number of benzene rings is 1. The molecule has 0 spiro atoms. The van der Waals surface area contributed by atoms with Gasteiger partial charge >= 0.3 is 0 Å². The summed E-state index contributed by atoms with van der Waals surface area (Å²) < 4.78 is 5.27. The van der Waals surface area contributed by atoms with Crippen molar-refractivity contribution in [2.75, 3.05) is 25.6 Å². The van der Waals surface area contributed by atoms with Crippen molar-refractivity contribution in [1.82, 2.24) is 0 Å². The minimum atomic E-state index is 0.438. The van der Waals surface area contributed by atoms with Crippen molar-refractivity contribution < 1.29 is 4.74 Å². The second-order valence-corrected chi connectivity index (χ2v) is 5.36. The molecule has 0 aliphatic heterocycles. The molecular formula is C14H20N2OS. The molecule has 1 fully saturated rings. The Hall–Kier alpha value is -1.29. The van der Waals surface area contributed by atoms with Gasteiger partial charge in [-0.05, 0) is 30.9 Å². The van der Waals surface area contributed by atoms with Gasteiger partial charge in [0.1, 0.15) is 10.7 Å². The Kier molecular flexibility index (Phi) is 4.07. The fourth-order valence-corrected chi connectivity index (χ4v) is 2.50. The predicted molar refractivity (Wildman–Crippen MR) is 79.5 cm³/mol. The molecule has 0 saturated heterocycles. The van der Waals surface area contributed by atoms with Crippen LogP contribution in [0.3, 0.4) is 0 Å². The summed E-state index contributed by atoms with van der Waals surface area (Å²) >= 11 is 5.11. The molecule has 18 heavy (non-hydrogen) atoms. The van der Waals surface area contributed by atoms with Crippen LogP contribution in [0.2, 0.25) is 0 Å². The van der Waals surface area contributed by atoms with E-state index in [0.29, 0.717) is 4.99 Å². The Balaban J connectivity index is 2.23. The van der Waals surface area contributed by atoms with Crippen LogP contribution in [0.15, 0.2) is 18.2 Å². The zero-order valence-corrected chi connectivity index (χ0v) is 11.8. The van der Waals surface area contributed by atoms with Gasteiger partial charge in [-0.25, -0.2) is 0 Å². The summed E-state index contributed by atoms with van der Waals surface area (Å²) in [6.07, 6.45) is 4.02. The van der Waals surface area contributed by atoms with Gasteiger partial charge in [-0.1, -0.05) is 18.6 Å². The molecule has 0 amide bonds. The van der Waals surface area contributed by atoms with Gasteiger partial charge < -0.3 is 15.4 Å². The highest BCUT2D eigenvalue weighted by Crippen LogP contribution is 2.31. The molecule has 4 heteroatoms. The minimum Gasteiger partial charge on any atom is -0.497 e. The molecule has 1 aromatic rings. The number of ether oxygens (including phenoxy) is 1. The first-order valence-corrected chi connectivity index (χ1v) is 6.71. The molecule has 0 bridgehead atoms. The van der Waals surface area contributed by atoms with Crippen LogP contribution in [0.1, 0.15) is 24.8 Å². The lowest BCUT2D eigenvalue weighted by molar-refractivity contribution is 0.321. The fourth-order valence-electron chi connectivity index (χ4n) is 2.32. The van der Waals surface area contributed by atoms with Crippen LogP contribution in [0.4, 0.5) is 5.69 Å². The SMILES string of the molecule is COc1ccc(C(N)=S)c(N(C)CC2CCC2)c1. The molecule has 1 aliphatic carbocycles. The average Bonchev–Trinajstić information content (AvgIpc) is 2.32. The number of hydrogen-bond donors (Lipinski definition) is 1. The Morgan fingerprint density at radius 3 is 2.72 bits per heavy atom. The molecule has 98 valence electrons. The van der Waals surface area contributed by atoms with Gasteiger partial charge in [0.15, 0.2) is 0 Å². The van der Waals surface area contributed by atoms with E-state index < -0.39 is 0 Å². The smallest absolute Gasteiger partial charge is 0.120 e. The van der Waals surface area contributed by atoms with E-state index >= 15 is 0 Å². The summed E-state index contributed by atoms with van der Waals surface area (Å²) in [4.78, 5) is 2.68. The van der Waals surface area contributed by atoms with Crippen LogP contribution in [0.5, 0.6) is 5.75 Å². The average molecular weight is 264 g/mol. The van der Waals surface area contributed by atoms with E-state index in [1.165, 1.54) is 19.3 Å². The van der Waals surface area contributed by atoms with E-state index in [-0.39, 0.29) is 0 Å². The van der Waals surface area contributed by atoms with Gasteiger partial charge in [-0.2, -0.15) is 0 Å². The predicted octanol–water partition coefficient (Wildman–Crippen LogP) is 2.57. The monoisotopic (exact) mass is 264 g/mol. The lowest BCUT2D eigenvalue weighted by Crippen LogP contribution is -2.30. The van der Waals surface area contributed by atoms with E-state index in [0.717, 1.165) is 29.5 Å². The molecule has 2 N–H and O–H groups in total. The summed E-state index contributed by atoms with van der Waals surface area (Å²) in [6, 6.07) is 5.84. The summed E-state index contributed by atoms with van der Waals surface area (Å²) in [5.74, 6) is 1.64. The number of methoxy groups -OCH3 is 1. The third kappa shape index (κ3) is 2.75. The summed E-state index contributed by atoms with van der Waals surface area (Å²) in [5.41, 5.74) is 7.77. The van der Waals surface area contributed by atoms with Gasteiger partial charge in [0.2, 0.25) is 0 Å². The number of rotatable bonds is 5. The van der Waals surface area contributed by atoms with Crippen molar-refractivity contribution in [3.05, 3.63) is 23.8 Å². The van der Waals surface area contributed by atoms with Crippen LogP contribution >= 0.6 is 12.2 Å². The Morgan fingerprint density at radius 2 is 2.22 bits per heavy atom. The molecule has 3 nitrogen and oxygen atoms in total. The number of hydrogen-bond acceptors (Lipinski definition) is 3. The first kappa shape index (κ1) is 13.1. The second-order valence-electron chi connectivity index (χ2n) is 4.92. The van der Waals surface area contributed by atoms with Crippen molar-refractivity contribution in [2.24, 2.45) is 11.7 Å².